The fraction of sp³-hybridized carbons (Fsp3) is 0.368. The van der Waals surface area contributed by atoms with E-state index in [1.807, 2.05) is 43.6 Å². The molecule has 0 spiro atoms. The van der Waals surface area contributed by atoms with Crippen molar-refractivity contribution in [2.45, 2.75) is 25.4 Å². The van der Waals surface area contributed by atoms with Crippen LogP contribution in [0.4, 0.5) is 5.69 Å². The first kappa shape index (κ1) is 17.1. The molecule has 0 aliphatic carbocycles. The topological polar surface area (TPSA) is 70.3 Å². The number of nitrogens with one attached hydrogen (secondary N) is 1. The Morgan fingerprint density at radius 2 is 2.20 bits per heavy atom. The summed E-state index contributed by atoms with van der Waals surface area (Å²) in [7, 11) is 3.46. The fourth-order valence-corrected chi connectivity index (χ4v) is 3.24. The number of ether oxygens (including phenoxy) is 1. The Bertz CT molecular complexity index is 806. The van der Waals surface area contributed by atoms with Crippen molar-refractivity contribution in [2.24, 2.45) is 7.05 Å². The number of methoxy groups -OCH3 is 1. The van der Waals surface area contributed by atoms with Gasteiger partial charge in [-0.1, -0.05) is 12.1 Å². The third kappa shape index (κ3) is 3.52. The van der Waals surface area contributed by atoms with E-state index in [0.717, 1.165) is 24.1 Å². The van der Waals surface area contributed by atoms with E-state index in [4.69, 9.17) is 10.00 Å². The van der Waals surface area contributed by atoms with Gasteiger partial charge in [-0.3, -0.25) is 4.79 Å². The number of aromatic nitrogens is 1. The lowest BCUT2D eigenvalue weighted by molar-refractivity contribution is -0.121. The van der Waals surface area contributed by atoms with Crippen molar-refractivity contribution in [3.05, 3.63) is 47.8 Å². The molecule has 2 aromatic rings. The average molecular weight is 338 g/mol. The van der Waals surface area contributed by atoms with Gasteiger partial charge in [-0.2, -0.15) is 5.26 Å². The van der Waals surface area contributed by atoms with Gasteiger partial charge >= 0.3 is 0 Å². The monoisotopic (exact) mass is 338 g/mol. The molecule has 6 heteroatoms. The van der Waals surface area contributed by atoms with Gasteiger partial charge in [0.25, 0.3) is 0 Å². The molecule has 1 aliphatic heterocycles. The van der Waals surface area contributed by atoms with Crippen LogP contribution < -0.4 is 15.0 Å². The van der Waals surface area contributed by atoms with Gasteiger partial charge in [0, 0.05) is 26.3 Å². The Morgan fingerprint density at radius 1 is 1.40 bits per heavy atom. The quantitative estimate of drug-likeness (QED) is 0.907. The van der Waals surface area contributed by atoms with Crippen molar-refractivity contribution >= 4 is 11.6 Å². The second-order valence-electron chi connectivity index (χ2n) is 6.19. The van der Waals surface area contributed by atoms with Crippen LogP contribution in [-0.4, -0.2) is 30.2 Å². The van der Waals surface area contributed by atoms with E-state index in [2.05, 4.69) is 11.4 Å². The maximum absolute atomic E-state index is 12.9. The molecular weight excluding hydrogens is 316 g/mol. The first-order valence-corrected chi connectivity index (χ1v) is 8.37. The SMILES string of the molecule is COc1ccccc1N1CCCC(NCc2cc(C#N)n(C)c2)C1=O. The number of hydrogen-bond acceptors (Lipinski definition) is 4. The highest BCUT2D eigenvalue weighted by atomic mass is 16.5. The van der Waals surface area contributed by atoms with Gasteiger partial charge in [0.05, 0.1) is 18.8 Å². The van der Waals surface area contributed by atoms with Crippen LogP contribution in [0.3, 0.4) is 0 Å². The van der Waals surface area contributed by atoms with E-state index in [9.17, 15) is 4.79 Å². The number of para-hydroxylation sites is 2. The van der Waals surface area contributed by atoms with E-state index >= 15 is 0 Å². The van der Waals surface area contributed by atoms with Crippen LogP contribution in [0.5, 0.6) is 5.75 Å². The summed E-state index contributed by atoms with van der Waals surface area (Å²) in [6.45, 7) is 1.26. The minimum absolute atomic E-state index is 0.0622. The molecule has 1 N–H and O–H groups in total. The summed E-state index contributed by atoms with van der Waals surface area (Å²) in [6.07, 6.45) is 3.65. The van der Waals surface area contributed by atoms with E-state index in [1.165, 1.54) is 0 Å². The summed E-state index contributed by atoms with van der Waals surface area (Å²) in [6, 6.07) is 11.4. The summed E-state index contributed by atoms with van der Waals surface area (Å²) < 4.78 is 7.18. The Balaban J connectivity index is 1.70. The number of anilines is 1. The highest BCUT2D eigenvalue weighted by Gasteiger charge is 2.30. The summed E-state index contributed by atoms with van der Waals surface area (Å²) in [5, 5.41) is 12.4. The van der Waals surface area contributed by atoms with Crippen molar-refractivity contribution in [1.29, 1.82) is 5.26 Å². The molecule has 1 fully saturated rings. The zero-order chi connectivity index (χ0) is 17.8. The van der Waals surface area contributed by atoms with Crippen LogP contribution in [0.1, 0.15) is 24.1 Å². The van der Waals surface area contributed by atoms with Crippen LogP contribution in [0.2, 0.25) is 0 Å². The van der Waals surface area contributed by atoms with Crippen LogP contribution in [-0.2, 0) is 18.4 Å². The third-order valence-corrected chi connectivity index (χ3v) is 4.54. The summed E-state index contributed by atoms with van der Waals surface area (Å²) in [4.78, 5) is 14.7. The number of piperidine rings is 1. The molecule has 1 aromatic carbocycles. The lowest BCUT2D eigenvalue weighted by Crippen LogP contribution is -2.50. The van der Waals surface area contributed by atoms with Crippen LogP contribution in [0.15, 0.2) is 36.5 Å². The van der Waals surface area contributed by atoms with Crippen molar-refractivity contribution in [3.63, 3.8) is 0 Å². The number of nitrogens with zero attached hydrogens (tertiary/aromatic N) is 3. The zero-order valence-electron chi connectivity index (χ0n) is 14.5. The van der Waals surface area contributed by atoms with E-state index in [1.54, 1.807) is 16.6 Å². The Morgan fingerprint density at radius 3 is 2.92 bits per heavy atom. The van der Waals surface area contributed by atoms with Gasteiger partial charge in [0.1, 0.15) is 17.5 Å². The second-order valence-corrected chi connectivity index (χ2v) is 6.19. The van der Waals surface area contributed by atoms with Crippen molar-refractivity contribution in [3.8, 4) is 11.8 Å². The van der Waals surface area contributed by atoms with Crippen LogP contribution >= 0.6 is 0 Å². The third-order valence-electron chi connectivity index (χ3n) is 4.54. The molecule has 2 heterocycles. The van der Waals surface area contributed by atoms with Gasteiger partial charge in [-0.25, -0.2) is 0 Å². The van der Waals surface area contributed by atoms with Gasteiger partial charge < -0.3 is 19.5 Å². The number of nitriles is 1. The number of carbonyl (C=O) groups excluding carboxylic acids is 1. The first-order valence-electron chi connectivity index (χ1n) is 8.37. The molecule has 1 saturated heterocycles. The number of hydrogen-bond donors (Lipinski definition) is 1. The molecule has 0 bridgehead atoms. The number of carbonyl (C=O) groups is 1. The molecule has 3 rings (SSSR count). The van der Waals surface area contributed by atoms with Gasteiger partial charge in [0.2, 0.25) is 5.91 Å². The lowest BCUT2D eigenvalue weighted by Gasteiger charge is -2.33. The summed E-state index contributed by atoms with van der Waals surface area (Å²) >= 11 is 0. The van der Waals surface area contributed by atoms with Gasteiger partial charge in [-0.05, 0) is 36.6 Å². The van der Waals surface area contributed by atoms with Crippen molar-refractivity contribution in [2.75, 3.05) is 18.6 Å². The van der Waals surface area contributed by atoms with E-state index in [-0.39, 0.29) is 11.9 Å². The second kappa shape index (κ2) is 7.41. The number of aryl methyl sites for hydroxylation is 1. The highest BCUT2D eigenvalue weighted by Crippen LogP contribution is 2.30. The van der Waals surface area contributed by atoms with Gasteiger partial charge in [-0.15, -0.1) is 0 Å². The van der Waals surface area contributed by atoms with Crippen molar-refractivity contribution in [1.82, 2.24) is 9.88 Å². The molecule has 0 radical (unpaired) electrons. The largest absolute Gasteiger partial charge is 0.495 e. The maximum Gasteiger partial charge on any atom is 0.244 e. The Hall–Kier alpha value is -2.78. The predicted molar refractivity (Wildman–Crippen MR) is 95.3 cm³/mol. The minimum Gasteiger partial charge on any atom is -0.495 e. The van der Waals surface area contributed by atoms with Crippen molar-refractivity contribution < 1.29 is 9.53 Å². The zero-order valence-corrected chi connectivity index (χ0v) is 14.5. The molecule has 1 amide bonds. The molecular formula is C19H22N4O2. The molecule has 0 saturated carbocycles. The Kier molecular flexibility index (Phi) is 5.05. The normalized spacial score (nSPS) is 17.4. The molecule has 1 aromatic heterocycles. The average Bonchev–Trinajstić information content (AvgIpc) is 3.00. The van der Waals surface area contributed by atoms with E-state index in [0.29, 0.717) is 24.5 Å². The van der Waals surface area contributed by atoms with Gasteiger partial charge in [0.15, 0.2) is 0 Å². The molecule has 1 atom stereocenters. The molecule has 1 aliphatic rings. The molecule has 130 valence electrons. The maximum atomic E-state index is 12.9. The number of amides is 1. The van der Waals surface area contributed by atoms with Crippen LogP contribution in [0, 0.1) is 11.3 Å². The Labute approximate surface area is 147 Å². The molecule has 6 nitrogen and oxygen atoms in total. The molecule has 25 heavy (non-hydrogen) atoms. The predicted octanol–water partition coefficient (Wildman–Crippen LogP) is 2.19. The first-order chi connectivity index (χ1) is 12.1. The minimum atomic E-state index is -0.232. The highest BCUT2D eigenvalue weighted by molar-refractivity contribution is 5.99. The van der Waals surface area contributed by atoms with Crippen LogP contribution in [0.25, 0.3) is 0 Å². The summed E-state index contributed by atoms with van der Waals surface area (Å²) in [5.74, 6) is 0.769. The summed E-state index contributed by atoms with van der Waals surface area (Å²) in [5.41, 5.74) is 2.43. The van der Waals surface area contributed by atoms with E-state index < -0.39 is 0 Å². The fourth-order valence-electron chi connectivity index (χ4n) is 3.24. The smallest absolute Gasteiger partial charge is 0.244 e. The number of benzene rings is 1. The lowest BCUT2D eigenvalue weighted by atomic mass is 10.0. The standard InChI is InChI=1S/C19H22N4O2/c1-22-13-14(10-15(22)11-20)12-21-16-6-5-9-23(19(16)24)17-7-3-4-8-18(17)25-2/h3-4,7-8,10,13,16,21H,5-6,9,12H2,1-2H3. The number of rotatable bonds is 5. The molecule has 1 unspecified atom stereocenters.